The van der Waals surface area contributed by atoms with Gasteiger partial charge in [0.2, 0.25) is 10.3 Å². The number of carbonyl (C=O) groups is 4. The molecule has 25 heteroatoms. The SMILES string of the molecule is O=C(Nc1nncs1)c1ccn(C2=CC3CN(C2)C(=O)N3OS(=O)(=O)ON2C(=O)N3CC(n4ccc(C(=O)Nc5nncs5)n4)=CC2C3)n1. The Bertz CT molecular complexity index is 2000. The van der Waals surface area contributed by atoms with Crippen molar-refractivity contribution in [3.63, 3.8) is 0 Å². The second kappa shape index (κ2) is 11.8. The summed E-state index contributed by atoms with van der Waals surface area (Å²) in [5.41, 5.74) is 4.06. The minimum absolute atomic E-state index is 0.0450. The standard InChI is InChI=1S/C24H20N14O8S3/c39-19(27-21-29-25-11-47-21)17-1-3-35(31-17)13-5-15-9-33(7-13)23(41)37(15)45-49(43,44)46-38-16-6-14(8-34(10-16)24(38)42)36-4-2-18(32-36)20(40)28-22-30-26-12-48-22/h1-6,11-12,15-16H,7-10H2,(H,27,29,39)(H,28,30,40). The smallest absolute Gasteiger partial charge is 0.314 e. The molecular weight excluding hydrogens is 709 g/mol. The third-order valence-electron chi connectivity index (χ3n) is 7.55. The summed E-state index contributed by atoms with van der Waals surface area (Å²) in [6, 6.07) is -0.293. The minimum atomic E-state index is -4.99. The Labute approximate surface area is 282 Å². The van der Waals surface area contributed by atoms with Crippen molar-refractivity contribution in [1.82, 2.24) is 59.9 Å². The molecule has 4 bridgehead atoms. The molecule has 6 amide bonds. The van der Waals surface area contributed by atoms with Gasteiger partial charge >= 0.3 is 22.5 Å². The molecule has 4 aromatic heterocycles. The number of hydroxylamine groups is 4. The van der Waals surface area contributed by atoms with Crippen molar-refractivity contribution in [1.29, 1.82) is 0 Å². The van der Waals surface area contributed by atoms with Gasteiger partial charge in [-0.1, -0.05) is 22.7 Å². The molecule has 4 aliphatic rings. The lowest BCUT2D eigenvalue weighted by atomic mass is 10.2. The van der Waals surface area contributed by atoms with Crippen molar-refractivity contribution in [2.24, 2.45) is 0 Å². The Morgan fingerprint density at radius 2 is 1.20 bits per heavy atom. The van der Waals surface area contributed by atoms with Gasteiger partial charge in [-0.3, -0.25) is 20.2 Å². The maximum atomic E-state index is 13.1. The van der Waals surface area contributed by atoms with E-state index >= 15 is 0 Å². The van der Waals surface area contributed by atoms with Crippen LogP contribution in [-0.4, -0.2) is 130 Å². The fourth-order valence-electron chi connectivity index (χ4n) is 5.43. The Hall–Kier alpha value is -5.63. The molecule has 252 valence electrons. The molecule has 0 aromatic carbocycles. The predicted octanol–water partition coefficient (Wildman–Crippen LogP) is 0.0168. The first kappa shape index (κ1) is 30.7. The number of urea groups is 2. The molecule has 22 nitrogen and oxygen atoms in total. The topological polar surface area (TPSA) is 245 Å². The van der Waals surface area contributed by atoms with Crippen LogP contribution in [0.25, 0.3) is 11.4 Å². The molecule has 2 N–H and O–H groups in total. The number of hydrogen-bond acceptors (Lipinski definition) is 16. The fourth-order valence-corrected chi connectivity index (χ4v) is 7.08. The summed E-state index contributed by atoms with van der Waals surface area (Å²) < 4.78 is 39.1. The van der Waals surface area contributed by atoms with Gasteiger partial charge in [0.1, 0.15) is 23.1 Å². The van der Waals surface area contributed by atoms with Gasteiger partial charge in [-0.25, -0.2) is 19.0 Å². The van der Waals surface area contributed by atoms with Crippen LogP contribution >= 0.6 is 22.7 Å². The lowest BCUT2D eigenvalue weighted by Gasteiger charge is -2.22. The molecule has 2 saturated heterocycles. The Kier molecular flexibility index (Phi) is 7.39. The Morgan fingerprint density at radius 1 is 0.755 bits per heavy atom. The van der Waals surface area contributed by atoms with Crippen molar-refractivity contribution in [3.8, 4) is 0 Å². The summed E-state index contributed by atoms with van der Waals surface area (Å²) in [4.78, 5) is 53.8. The van der Waals surface area contributed by atoms with E-state index in [4.69, 9.17) is 8.57 Å². The van der Waals surface area contributed by atoms with Gasteiger partial charge in [0.15, 0.2) is 11.4 Å². The minimum Gasteiger partial charge on any atom is -0.314 e. The van der Waals surface area contributed by atoms with Crippen molar-refractivity contribution < 1.29 is 36.2 Å². The summed E-state index contributed by atoms with van der Waals surface area (Å²) >= 11 is 2.28. The average molecular weight is 729 g/mol. The number of hydrogen-bond donors (Lipinski definition) is 2. The lowest BCUT2D eigenvalue weighted by Crippen LogP contribution is -2.40. The summed E-state index contributed by atoms with van der Waals surface area (Å²) in [5, 5.41) is 30.4. The molecule has 4 aliphatic heterocycles. The highest BCUT2D eigenvalue weighted by Crippen LogP contribution is 2.31. The monoisotopic (exact) mass is 728 g/mol. The molecular formula is C24H20N14O8S3. The van der Waals surface area contributed by atoms with E-state index in [0.717, 1.165) is 22.7 Å². The average Bonchev–Trinajstić information content (AvgIpc) is 3.94. The molecule has 0 aliphatic carbocycles. The zero-order valence-electron chi connectivity index (χ0n) is 24.5. The number of nitrogens with one attached hydrogen (secondary N) is 2. The molecule has 8 heterocycles. The van der Waals surface area contributed by atoms with E-state index in [2.05, 4.69) is 41.2 Å². The van der Waals surface area contributed by atoms with Crippen LogP contribution in [0.3, 0.4) is 0 Å². The second-order valence-electron chi connectivity index (χ2n) is 10.7. The third kappa shape index (κ3) is 5.88. The van der Waals surface area contributed by atoms with Gasteiger partial charge in [-0.2, -0.15) is 28.7 Å². The van der Waals surface area contributed by atoms with Crippen LogP contribution in [0, 0.1) is 0 Å². The van der Waals surface area contributed by atoms with Crippen molar-refractivity contribution in [3.05, 3.63) is 59.1 Å². The van der Waals surface area contributed by atoms with E-state index < -0.39 is 46.4 Å². The summed E-state index contributed by atoms with van der Waals surface area (Å²) in [6.45, 7) is 0.311. The maximum Gasteiger partial charge on any atom is 0.442 e. The Balaban J connectivity index is 0.932. The number of anilines is 2. The van der Waals surface area contributed by atoms with Crippen LogP contribution in [0.4, 0.5) is 19.9 Å². The number of fused-ring (bicyclic) bond motifs is 4. The van der Waals surface area contributed by atoms with Crippen molar-refractivity contribution in [2.75, 3.05) is 36.8 Å². The molecule has 2 unspecified atom stereocenters. The van der Waals surface area contributed by atoms with Crippen LogP contribution in [0.15, 0.2) is 47.7 Å². The van der Waals surface area contributed by atoms with Gasteiger partial charge in [0.05, 0.1) is 24.5 Å². The van der Waals surface area contributed by atoms with Crippen molar-refractivity contribution in [2.45, 2.75) is 12.1 Å². The maximum absolute atomic E-state index is 13.1. The van der Waals surface area contributed by atoms with Gasteiger partial charge in [-0.05, 0) is 24.3 Å². The normalized spacial score (nSPS) is 20.2. The van der Waals surface area contributed by atoms with Gasteiger partial charge < -0.3 is 9.80 Å². The molecule has 2 fully saturated rings. The highest BCUT2D eigenvalue weighted by molar-refractivity contribution is 7.81. The first-order valence-electron chi connectivity index (χ1n) is 14.1. The number of nitrogens with zero attached hydrogens (tertiary/aromatic N) is 12. The molecule has 49 heavy (non-hydrogen) atoms. The molecule has 0 spiro atoms. The van der Waals surface area contributed by atoms with E-state index in [1.165, 1.54) is 54.7 Å². The number of carbonyl (C=O) groups excluding carboxylic acids is 4. The molecule has 0 radical (unpaired) electrons. The van der Waals surface area contributed by atoms with E-state index in [0.29, 0.717) is 31.8 Å². The number of rotatable bonds is 10. The van der Waals surface area contributed by atoms with Gasteiger partial charge in [0.25, 0.3) is 11.8 Å². The zero-order valence-corrected chi connectivity index (χ0v) is 26.9. The van der Waals surface area contributed by atoms with Crippen LogP contribution in [-0.2, 0) is 19.0 Å². The Morgan fingerprint density at radius 3 is 1.61 bits per heavy atom. The summed E-state index contributed by atoms with van der Waals surface area (Å²) in [7, 11) is -4.99. The number of amides is 6. The van der Waals surface area contributed by atoms with Gasteiger partial charge in [0, 0.05) is 25.5 Å². The molecule has 2 atom stereocenters. The summed E-state index contributed by atoms with van der Waals surface area (Å²) in [5.74, 6) is -1.03. The van der Waals surface area contributed by atoms with Gasteiger partial charge in [-0.15, -0.1) is 29.0 Å². The summed E-state index contributed by atoms with van der Waals surface area (Å²) in [6.07, 6.45) is 6.21. The van der Waals surface area contributed by atoms with E-state index in [1.807, 2.05) is 0 Å². The first-order valence-corrected chi connectivity index (χ1v) is 17.2. The third-order valence-corrected chi connectivity index (χ3v) is 9.45. The highest BCUT2D eigenvalue weighted by atomic mass is 32.3. The van der Waals surface area contributed by atoms with E-state index in [1.54, 1.807) is 12.2 Å². The molecule has 4 aromatic rings. The van der Waals surface area contributed by atoms with Crippen LogP contribution in [0.5, 0.6) is 0 Å². The van der Waals surface area contributed by atoms with Crippen LogP contribution in [0.2, 0.25) is 0 Å². The van der Waals surface area contributed by atoms with Crippen LogP contribution < -0.4 is 10.6 Å². The molecule has 0 saturated carbocycles. The van der Waals surface area contributed by atoms with E-state index in [-0.39, 0.29) is 37.6 Å². The van der Waals surface area contributed by atoms with E-state index in [9.17, 15) is 27.6 Å². The highest BCUT2D eigenvalue weighted by Gasteiger charge is 2.47. The molecule has 8 rings (SSSR count). The fraction of sp³-hybridized carbons (Fsp3) is 0.250. The quantitative estimate of drug-likeness (QED) is 0.219. The predicted molar refractivity (Wildman–Crippen MR) is 165 cm³/mol. The largest absolute Gasteiger partial charge is 0.442 e. The lowest BCUT2D eigenvalue weighted by molar-refractivity contribution is -0.0723. The van der Waals surface area contributed by atoms with Crippen molar-refractivity contribution >= 4 is 78.6 Å². The first-order chi connectivity index (χ1) is 23.6. The zero-order chi connectivity index (χ0) is 33.9. The second-order valence-corrected chi connectivity index (χ2v) is 13.5. The number of aromatic nitrogens is 8. The van der Waals surface area contributed by atoms with Crippen LogP contribution in [0.1, 0.15) is 21.0 Å².